The molecular formula is C60H96N12O12. The Morgan fingerprint density at radius 3 is 2.06 bits per heavy atom. The molecule has 0 bridgehead atoms. The Balaban J connectivity index is 0.00000914. The van der Waals surface area contributed by atoms with Crippen molar-refractivity contribution in [3.05, 3.63) is 48.2 Å². The van der Waals surface area contributed by atoms with E-state index in [4.69, 9.17) is 11.6 Å². The van der Waals surface area contributed by atoms with Crippen LogP contribution >= 0.6 is 0 Å². The quantitative estimate of drug-likeness (QED) is 0.0406. The molecule has 1 unspecified atom stereocenters. The van der Waals surface area contributed by atoms with Crippen molar-refractivity contribution < 1.29 is 57.8 Å². The van der Waals surface area contributed by atoms with Gasteiger partial charge in [0.1, 0.15) is 17.4 Å². The number of Topliss-reactive ketones (excluding diaryl/α,β-unsaturated/α-hetero) is 6. The zero-order valence-electron chi connectivity index (χ0n) is 50.4. The third-order valence-corrected chi connectivity index (χ3v) is 15.9. The number of carbonyl (C=O) groups is 11. The minimum atomic E-state index is -1.70. The molecule has 16 N–H and O–H groups in total. The van der Waals surface area contributed by atoms with E-state index in [1.807, 2.05) is 30.3 Å². The Morgan fingerprint density at radius 1 is 0.786 bits per heavy atom. The van der Waals surface area contributed by atoms with Crippen LogP contribution in [0, 0.1) is 11.8 Å². The maximum Gasteiger partial charge on any atom is 0.246 e. The summed E-state index contributed by atoms with van der Waals surface area (Å²) in [4.78, 5) is 152. The first-order valence-electron chi connectivity index (χ1n) is 29.7. The minimum absolute atomic E-state index is 0.0309. The number of aromatic nitrogens is 1. The molecule has 1 aromatic carbocycles. The van der Waals surface area contributed by atoms with Crippen LogP contribution in [0.3, 0.4) is 0 Å². The van der Waals surface area contributed by atoms with Crippen LogP contribution in [0.2, 0.25) is 0 Å². The molecule has 24 heteroatoms. The second kappa shape index (κ2) is 36.4. The normalized spacial score (nSPS) is 25.2. The highest BCUT2D eigenvalue weighted by molar-refractivity contribution is 6.41. The summed E-state index contributed by atoms with van der Waals surface area (Å²) >= 11 is 0. The fraction of sp³-hybridized carbons (Fsp3) is 0.650. The Bertz CT molecular complexity index is 2590. The van der Waals surface area contributed by atoms with Crippen molar-refractivity contribution in [1.82, 2.24) is 47.6 Å². The van der Waals surface area contributed by atoms with E-state index in [1.54, 1.807) is 13.1 Å². The second-order valence-corrected chi connectivity index (χ2v) is 22.9. The van der Waals surface area contributed by atoms with Gasteiger partial charge in [0.05, 0.1) is 61.4 Å². The summed E-state index contributed by atoms with van der Waals surface area (Å²) in [6.45, 7) is 7.28. The molecule has 468 valence electrons. The number of para-hydroxylation sites is 1. The van der Waals surface area contributed by atoms with Crippen LogP contribution in [0.5, 0.6) is 0 Å². The Hall–Kier alpha value is -6.41. The van der Waals surface area contributed by atoms with Crippen LogP contribution in [0.25, 0.3) is 10.9 Å². The first-order chi connectivity index (χ1) is 39.9. The predicted octanol–water partition coefficient (Wildman–Crippen LogP) is 1.13. The van der Waals surface area contributed by atoms with E-state index >= 15 is 0 Å². The molecular weight excluding hydrogens is 1080 g/mol. The number of fused-ring (bicyclic) bond motifs is 1. The van der Waals surface area contributed by atoms with Gasteiger partial charge in [-0.05, 0) is 124 Å². The number of benzene rings is 1. The van der Waals surface area contributed by atoms with Crippen LogP contribution in [-0.2, 0) is 59.2 Å². The number of allylic oxidation sites excluding steroid dienone is 2. The topological polar surface area (TPSA) is 398 Å². The lowest BCUT2D eigenvalue weighted by molar-refractivity contribution is -0.141. The highest BCUT2D eigenvalue weighted by atomic mass is 16.3. The van der Waals surface area contributed by atoms with Gasteiger partial charge in [0.25, 0.3) is 0 Å². The van der Waals surface area contributed by atoms with E-state index in [2.05, 4.69) is 59.4 Å². The lowest BCUT2D eigenvalue weighted by atomic mass is 9.78. The molecule has 5 amide bonds. The van der Waals surface area contributed by atoms with Crippen molar-refractivity contribution in [2.75, 3.05) is 33.3 Å². The molecule has 2 heterocycles. The van der Waals surface area contributed by atoms with Crippen molar-refractivity contribution in [1.29, 1.82) is 0 Å². The Labute approximate surface area is 494 Å². The molecule has 2 aromatic rings. The van der Waals surface area contributed by atoms with Crippen molar-refractivity contribution in [2.24, 2.45) is 29.1 Å². The summed E-state index contributed by atoms with van der Waals surface area (Å²) in [5, 5.41) is 31.0. The van der Waals surface area contributed by atoms with E-state index in [0.717, 1.165) is 74.3 Å². The largest absolute Gasteiger partial charge is 0.394 e. The number of amides is 5. The molecule has 1 fully saturated rings. The lowest BCUT2D eigenvalue weighted by Crippen LogP contribution is -2.63. The van der Waals surface area contributed by atoms with Gasteiger partial charge in [-0.2, -0.15) is 0 Å². The molecule has 24 nitrogen and oxygen atoms in total. The van der Waals surface area contributed by atoms with Crippen molar-refractivity contribution in [3.63, 3.8) is 0 Å². The molecule has 1 saturated carbocycles. The van der Waals surface area contributed by atoms with Gasteiger partial charge >= 0.3 is 0 Å². The summed E-state index contributed by atoms with van der Waals surface area (Å²) < 4.78 is 0. The van der Waals surface area contributed by atoms with Gasteiger partial charge in [-0.15, -0.1) is 0 Å². The molecule has 9 atom stereocenters. The SMILES string of the molecule is CC(=O)CN[C@]1(C)CCCCCCCC/C=C/CCC[C@@](C)(C(=O)N[C@@H](CO)C(=O)N[C@@H](C)C(=O)C(=O)[C@H](C)NN)NC(=O)[C@H](CC2CCC2)CN[C@@H](CCC(N)=O)C(=O)C(=O)C(C)NC(=O)[C@H](Cc2c[nH]c3ccccc23)NCC1=O.CN. The monoisotopic (exact) mass is 1180 g/mol. The number of primary amides is 1. The number of ketones is 6. The highest BCUT2D eigenvalue weighted by Gasteiger charge is 2.41. The number of aliphatic hydroxyl groups excluding tert-OH is 1. The van der Waals surface area contributed by atoms with Crippen LogP contribution < -0.4 is 60.0 Å². The first-order valence-corrected chi connectivity index (χ1v) is 29.7. The van der Waals surface area contributed by atoms with Crippen molar-refractivity contribution in [3.8, 4) is 0 Å². The molecule has 0 radical (unpaired) electrons. The van der Waals surface area contributed by atoms with Gasteiger partial charge in [0.2, 0.25) is 52.7 Å². The van der Waals surface area contributed by atoms with Crippen molar-refractivity contribution >= 4 is 75.1 Å². The molecule has 0 spiro atoms. The van der Waals surface area contributed by atoms with Crippen LogP contribution in [-0.4, -0.2) is 155 Å². The summed E-state index contributed by atoms with van der Waals surface area (Å²) in [5.41, 5.74) is 11.0. The van der Waals surface area contributed by atoms with E-state index in [-0.39, 0.29) is 62.8 Å². The lowest BCUT2D eigenvalue weighted by Gasteiger charge is -2.35. The number of rotatable bonds is 19. The maximum absolute atomic E-state index is 14.7. The number of aromatic amines is 1. The third kappa shape index (κ3) is 22.9. The third-order valence-electron chi connectivity index (χ3n) is 15.9. The van der Waals surface area contributed by atoms with Gasteiger partial charge in [-0.1, -0.05) is 81.7 Å². The van der Waals surface area contributed by atoms with Crippen LogP contribution in [0.15, 0.2) is 42.6 Å². The zero-order chi connectivity index (χ0) is 62.6. The van der Waals surface area contributed by atoms with Crippen LogP contribution in [0.4, 0.5) is 0 Å². The molecule has 84 heavy (non-hydrogen) atoms. The number of carbonyl (C=O) groups excluding carboxylic acids is 11. The summed E-state index contributed by atoms with van der Waals surface area (Å²) in [6, 6.07) is -0.344. The van der Waals surface area contributed by atoms with Gasteiger partial charge in [0.15, 0.2) is 5.78 Å². The van der Waals surface area contributed by atoms with E-state index in [0.29, 0.717) is 32.1 Å². The minimum Gasteiger partial charge on any atom is -0.394 e. The average Bonchev–Trinajstić information content (AvgIpc) is 3.67. The fourth-order valence-corrected chi connectivity index (χ4v) is 10.2. The van der Waals surface area contributed by atoms with Gasteiger partial charge < -0.3 is 48.1 Å². The smallest absolute Gasteiger partial charge is 0.246 e. The number of hydrogen-bond donors (Lipinski definition) is 13. The molecule has 0 saturated heterocycles. The van der Waals surface area contributed by atoms with Crippen LogP contribution in [0.1, 0.15) is 156 Å². The summed E-state index contributed by atoms with van der Waals surface area (Å²) in [6.07, 6.45) is 15.7. The molecule has 1 aliphatic carbocycles. The summed E-state index contributed by atoms with van der Waals surface area (Å²) in [5.74, 6) is -3.56. The number of hydrogen-bond acceptors (Lipinski definition) is 18. The average molecular weight is 1180 g/mol. The number of hydrazine groups is 1. The van der Waals surface area contributed by atoms with E-state index < -0.39 is 113 Å². The second-order valence-electron chi connectivity index (χ2n) is 22.9. The van der Waals surface area contributed by atoms with Crippen molar-refractivity contribution in [2.45, 2.75) is 204 Å². The Morgan fingerprint density at radius 2 is 1.43 bits per heavy atom. The predicted molar refractivity (Wildman–Crippen MR) is 319 cm³/mol. The number of H-pyrrole nitrogens is 1. The van der Waals surface area contributed by atoms with Gasteiger partial charge in [-0.25, -0.2) is 5.43 Å². The molecule has 4 rings (SSSR count). The number of aliphatic hydroxyl groups is 1. The molecule has 1 aromatic heterocycles. The maximum atomic E-state index is 14.7. The number of nitrogens with two attached hydrogens (primary N) is 3. The standard InChI is InChI=1S/C59H91N11O12.CH5N/c1-36(72)31-65-58(5)27-18-14-12-10-8-7-9-11-13-15-19-28-59(6,57(82)68-47(35-71)56(81)67-37(2)50(75)52(77)39(4)70-61)69-54(79)42(29-40-21-20-22-40)33-63-45(25-26-49(60)74)53(78)51(76)38(3)66-55(80)46(64-34-48(58)73)30-41-32-62-44-24-17-16-23-43(41)44;1-2/h11,13,16-17,23-24,32,37-40,42,45-47,62-65,70-71H,7-10,12,14-15,18-22,25-31,33-35,61H2,1-6H3,(H2,60,74)(H,66,80)(H,67,81)(H,68,82)(H,69,79);2H2,1H3/b13-11+;/t37-,38?,39-,42+,45-,46-,47-,58+,59-;/m0./s1. The zero-order valence-corrected chi connectivity index (χ0v) is 50.4. The Kier molecular flexibility index (Phi) is 31.2. The number of nitrogens with one attached hydrogen (secondary N) is 9. The van der Waals surface area contributed by atoms with E-state index in [1.165, 1.54) is 41.7 Å². The molecule has 2 aliphatic rings. The van der Waals surface area contributed by atoms with Gasteiger partial charge in [0, 0.05) is 30.1 Å². The first kappa shape index (κ1) is 71.9. The molecule has 1 aliphatic heterocycles. The summed E-state index contributed by atoms with van der Waals surface area (Å²) in [7, 11) is 1.50. The van der Waals surface area contributed by atoms with Gasteiger partial charge in [-0.3, -0.25) is 69.2 Å². The highest BCUT2D eigenvalue weighted by Crippen LogP contribution is 2.33. The van der Waals surface area contributed by atoms with E-state index in [9.17, 15) is 57.8 Å². The fourth-order valence-electron chi connectivity index (χ4n) is 10.2.